The number of carboxylic acid groups (broad SMARTS) is 1. The van der Waals surface area contributed by atoms with Crippen LogP contribution in [0.25, 0.3) is 0 Å². The number of hydrogen-bond donors (Lipinski definition) is 1. The second-order valence-electron chi connectivity index (χ2n) is 4.90. The third-order valence-electron chi connectivity index (χ3n) is 2.25. The number of carboxylic acids is 1. The molecule has 1 aromatic heterocycles. The minimum absolute atomic E-state index is 0.359. The van der Waals surface area contributed by atoms with Crippen LogP contribution in [0.2, 0.25) is 0 Å². The summed E-state index contributed by atoms with van der Waals surface area (Å²) in [5, 5.41) is 8.62. The lowest BCUT2D eigenvalue weighted by atomic mass is 9.95. The van der Waals surface area contributed by atoms with E-state index in [1.807, 2.05) is 0 Å². The van der Waals surface area contributed by atoms with E-state index in [1.54, 1.807) is 20.8 Å². The molecule has 0 spiro atoms. The summed E-state index contributed by atoms with van der Waals surface area (Å²) in [4.78, 5) is 18.2. The fourth-order valence-electron chi connectivity index (χ4n) is 1.35. The lowest BCUT2D eigenvalue weighted by Crippen LogP contribution is -2.29. The van der Waals surface area contributed by atoms with E-state index in [9.17, 15) is 18.0 Å². The Kier molecular flexibility index (Phi) is 3.64. The molecular weight excluding hydrogens is 249 g/mol. The summed E-state index contributed by atoms with van der Waals surface area (Å²) < 4.78 is 37.7. The fourth-order valence-corrected chi connectivity index (χ4v) is 1.35. The van der Waals surface area contributed by atoms with Crippen LogP contribution < -0.4 is 0 Å². The molecule has 1 atom stereocenters. The Morgan fingerprint density at radius 2 is 1.67 bits per heavy atom. The third-order valence-corrected chi connectivity index (χ3v) is 2.25. The molecule has 0 saturated carbocycles. The van der Waals surface area contributed by atoms with Crippen molar-refractivity contribution in [2.24, 2.45) is 0 Å². The van der Waals surface area contributed by atoms with E-state index in [0.29, 0.717) is 5.82 Å². The molecule has 0 aliphatic heterocycles. The Morgan fingerprint density at radius 1 is 1.22 bits per heavy atom. The normalized spacial score (nSPS) is 14.3. The highest BCUT2D eigenvalue weighted by atomic mass is 19.4. The first-order valence-corrected chi connectivity index (χ1v) is 5.15. The third kappa shape index (κ3) is 3.18. The van der Waals surface area contributed by atoms with Crippen LogP contribution in [-0.2, 0) is 10.2 Å². The lowest BCUT2D eigenvalue weighted by molar-refractivity contribution is -0.176. The molecule has 1 rings (SSSR count). The molecule has 0 aliphatic rings. The van der Waals surface area contributed by atoms with E-state index in [4.69, 9.17) is 5.11 Å². The number of carbonyl (C=O) groups is 1. The van der Waals surface area contributed by atoms with Crippen LogP contribution in [0.15, 0.2) is 12.4 Å². The smallest absolute Gasteiger partial charge is 0.406 e. The minimum Gasteiger partial charge on any atom is -0.481 e. The molecule has 1 unspecified atom stereocenters. The van der Waals surface area contributed by atoms with E-state index < -0.39 is 29.0 Å². The van der Waals surface area contributed by atoms with Crippen LogP contribution in [0, 0.1) is 0 Å². The van der Waals surface area contributed by atoms with Crippen LogP contribution in [0.3, 0.4) is 0 Å². The van der Waals surface area contributed by atoms with Gasteiger partial charge in [0.15, 0.2) is 5.92 Å². The molecule has 0 radical (unpaired) electrons. The van der Waals surface area contributed by atoms with E-state index in [1.165, 1.54) is 0 Å². The summed E-state index contributed by atoms with van der Waals surface area (Å²) in [6, 6.07) is 0. The molecule has 0 fully saturated rings. The molecule has 18 heavy (non-hydrogen) atoms. The predicted molar refractivity (Wildman–Crippen MR) is 57.2 cm³/mol. The van der Waals surface area contributed by atoms with Gasteiger partial charge in [-0.2, -0.15) is 13.2 Å². The molecule has 1 aromatic rings. The number of alkyl halides is 3. The second kappa shape index (κ2) is 4.55. The fraction of sp³-hybridized carbons (Fsp3) is 0.545. The van der Waals surface area contributed by atoms with Crippen molar-refractivity contribution in [3.63, 3.8) is 0 Å². The van der Waals surface area contributed by atoms with Gasteiger partial charge in [0, 0.05) is 23.4 Å². The van der Waals surface area contributed by atoms with Gasteiger partial charge in [0.2, 0.25) is 0 Å². The number of nitrogens with zero attached hydrogens (tertiary/aromatic N) is 2. The maximum absolute atomic E-state index is 12.6. The van der Waals surface area contributed by atoms with E-state index in [0.717, 1.165) is 12.4 Å². The summed E-state index contributed by atoms with van der Waals surface area (Å²) in [6.07, 6.45) is -3.03. The molecule has 7 heteroatoms. The van der Waals surface area contributed by atoms with Crippen LogP contribution in [0.5, 0.6) is 0 Å². The van der Waals surface area contributed by atoms with Gasteiger partial charge in [-0.15, -0.1) is 0 Å². The van der Waals surface area contributed by atoms with Gasteiger partial charge in [0.25, 0.3) is 0 Å². The van der Waals surface area contributed by atoms with Gasteiger partial charge in [-0.25, -0.2) is 9.97 Å². The van der Waals surface area contributed by atoms with E-state index in [2.05, 4.69) is 9.97 Å². The molecule has 1 N–H and O–H groups in total. The molecule has 0 aromatic carbocycles. The maximum Gasteiger partial charge on any atom is 0.406 e. The maximum atomic E-state index is 12.6. The zero-order chi connectivity index (χ0) is 14.1. The molecule has 0 amide bonds. The Hall–Kier alpha value is -1.66. The van der Waals surface area contributed by atoms with E-state index in [-0.39, 0.29) is 0 Å². The van der Waals surface area contributed by atoms with Crippen molar-refractivity contribution in [3.8, 4) is 0 Å². The molecular formula is C11H13F3N2O2. The molecule has 100 valence electrons. The Balaban J connectivity index is 3.14. The predicted octanol–water partition coefficient (Wildman–Crippen LogP) is 2.50. The summed E-state index contributed by atoms with van der Waals surface area (Å²) >= 11 is 0. The largest absolute Gasteiger partial charge is 0.481 e. The summed E-state index contributed by atoms with van der Waals surface area (Å²) in [5.41, 5.74) is -0.877. The number of hydrogen-bond acceptors (Lipinski definition) is 3. The first-order valence-electron chi connectivity index (χ1n) is 5.15. The van der Waals surface area contributed by atoms with Crippen molar-refractivity contribution in [2.75, 3.05) is 0 Å². The average Bonchev–Trinajstić information content (AvgIpc) is 2.13. The van der Waals surface area contributed by atoms with Crippen LogP contribution >= 0.6 is 0 Å². The second-order valence-corrected chi connectivity index (χ2v) is 4.90. The van der Waals surface area contributed by atoms with E-state index >= 15 is 0 Å². The Labute approximate surface area is 102 Å². The summed E-state index contributed by atoms with van der Waals surface area (Å²) in [5.74, 6) is -4.20. The zero-order valence-electron chi connectivity index (χ0n) is 10.1. The standard InChI is InChI=1S/C11H13F3N2O2/c1-10(2,3)9-15-4-6(5-16-9)7(8(17)18)11(12,13)14/h4-5,7H,1-3H3,(H,17,18). The summed E-state index contributed by atoms with van der Waals surface area (Å²) in [6.45, 7) is 5.42. The molecule has 1 heterocycles. The number of aliphatic carboxylic acids is 1. The molecule has 0 saturated heterocycles. The van der Waals surface area contributed by atoms with Crippen LogP contribution in [-0.4, -0.2) is 27.2 Å². The van der Waals surface area contributed by atoms with Gasteiger partial charge in [0.05, 0.1) is 0 Å². The van der Waals surface area contributed by atoms with Crippen molar-refractivity contribution in [1.82, 2.24) is 9.97 Å². The molecule has 0 aliphatic carbocycles. The molecule has 4 nitrogen and oxygen atoms in total. The van der Waals surface area contributed by atoms with Crippen molar-refractivity contribution < 1.29 is 23.1 Å². The first kappa shape index (κ1) is 14.4. The van der Waals surface area contributed by atoms with Gasteiger partial charge < -0.3 is 5.11 Å². The van der Waals surface area contributed by atoms with Crippen LogP contribution in [0.1, 0.15) is 38.1 Å². The van der Waals surface area contributed by atoms with Gasteiger partial charge in [0.1, 0.15) is 5.82 Å². The van der Waals surface area contributed by atoms with Crippen molar-refractivity contribution >= 4 is 5.97 Å². The first-order chi connectivity index (χ1) is 8.03. The minimum atomic E-state index is -4.86. The van der Waals surface area contributed by atoms with Crippen molar-refractivity contribution in [3.05, 3.63) is 23.8 Å². The van der Waals surface area contributed by atoms with Gasteiger partial charge in [-0.05, 0) is 0 Å². The monoisotopic (exact) mass is 262 g/mol. The van der Waals surface area contributed by atoms with Gasteiger partial charge >= 0.3 is 12.1 Å². The zero-order valence-corrected chi connectivity index (χ0v) is 10.1. The summed E-state index contributed by atoms with van der Waals surface area (Å²) in [7, 11) is 0. The highest BCUT2D eigenvalue weighted by molar-refractivity contribution is 5.76. The van der Waals surface area contributed by atoms with Crippen LogP contribution in [0.4, 0.5) is 13.2 Å². The SMILES string of the molecule is CC(C)(C)c1ncc(C(C(=O)O)C(F)(F)F)cn1. The lowest BCUT2D eigenvalue weighted by Gasteiger charge is -2.19. The number of halogens is 3. The Bertz CT molecular complexity index is 435. The molecule has 0 bridgehead atoms. The Morgan fingerprint density at radius 3 is 1.94 bits per heavy atom. The topological polar surface area (TPSA) is 63.1 Å². The van der Waals surface area contributed by atoms with Crippen molar-refractivity contribution in [1.29, 1.82) is 0 Å². The highest BCUT2D eigenvalue weighted by Gasteiger charge is 2.46. The number of aromatic nitrogens is 2. The average molecular weight is 262 g/mol. The number of rotatable bonds is 2. The quantitative estimate of drug-likeness (QED) is 0.889. The van der Waals surface area contributed by atoms with Gasteiger partial charge in [-0.1, -0.05) is 20.8 Å². The van der Waals surface area contributed by atoms with Gasteiger partial charge in [-0.3, -0.25) is 4.79 Å². The van der Waals surface area contributed by atoms with Crippen molar-refractivity contribution in [2.45, 2.75) is 38.3 Å². The highest BCUT2D eigenvalue weighted by Crippen LogP contribution is 2.34.